The topological polar surface area (TPSA) is 64.6 Å². The average Bonchev–Trinajstić information content (AvgIpc) is 2.96. The zero-order valence-corrected chi connectivity index (χ0v) is 17.8. The van der Waals surface area contributed by atoms with Crippen molar-refractivity contribution in [3.63, 3.8) is 0 Å². The van der Waals surface area contributed by atoms with E-state index in [2.05, 4.69) is 5.32 Å². The molecular formula is C20H21Cl2NO4S. The number of thiophene rings is 1. The molecule has 0 unspecified atom stereocenters. The fourth-order valence-electron chi connectivity index (χ4n) is 3.22. The summed E-state index contributed by atoms with van der Waals surface area (Å²) >= 11 is 13.4. The fraction of sp³-hybridized carbons (Fsp3) is 0.400. The largest absolute Gasteiger partial charge is 0.482 e. The van der Waals surface area contributed by atoms with E-state index in [1.165, 1.54) is 24.9 Å². The van der Waals surface area contributed by atoms with Crippen LogP contribution in [-0.4, -0.2) is 25.6 Å². The number of hydrogen-bond donors (Lipinski definition) is 1. The Hall–Kier alpha value is -1.76. The Morgan fingerprint density at radius 2 is 1.89 bits per heavy atom. The van der Waals surface area contributed by atoms with E-state index in [9.17, 15) is 9.59 Å². The number of fused-ring (bicyclic) bond motifs is 1. The summed E-state index contributed by atoms with van der Waals surface area (Å²) in [4.78, 5) is 26.0. The first kappa shape index (κ1) is 21.0. The number of nitrogens with one attached hydrogen (secondary N) is 1. The highest BCUT2D eigenvalue weighted by Gasteiger charge is 2.26. The van der Waals surface area contributed by atoms with Gasteiger partial charge in [-0.3, -0.25) is 4.79 Å². The summed E-state index contributed by atoms with van der Waals surface area (Å²) in [5, 5.41) is 4.15. The minimum atomic E-state index is -0.421. The highest BCUT2D eigenvalue weighted by atomic mass is 35.5. The third-order valence-electron chi connectivity index (χ3n) is 4.57. The first-order valence-corrected chi connectivity index (χ1v) is 10.7. The van der Waals surface area contributed by atoms with E-state index in [4.69, 9.17) is 32.7 Å². The first-order chi connectivity index (χ1) is 13.5. The van der Waals surface area contributed by atoms with Crippen molar-refractivity contribution in [1.82, 2.24) is 0 Å². The summed E-state index contributed by atoms with van der Waals surface area (Å²) in [5.74, 6) is -0.423. The van der Waals surface area contributed by atoms with Crippen LogP contribution in [-0.2, 0) is 22.4 Å². The van der Waals surface area contributed by atoms with Gasteiger partial charge in [-0.25, -0.2) is 4.79 Å². The highest BCUT2D eigenvalue weighted by molar-refractivity contribution is 7.17. The molecule has 150 valence electrons. The molecule has 1 aliphatic rings. The van der Waals surface area contributed by atoms with Crippen molar-refractivity contribution >= 4 is 51.4 Å². The maximum absolute atomic E-state index is 12.4. The SMILES string of the molecule is COC(=O)c1c(NC(=O)COc2ccc(Cl)cc2Cl)sc2c1CCCCCC2. The quantitative estimate of drug-likeness (QED) is 0.620. The molecule has 1 aliphatic carbocycles. The third kappa shape index (κ3) is 4.99. The van der Waals surface area contributed by atoms with Gasteiger partial charge in [-0.15, -0.1) is 11.3 Å². The number of halogens is 2. The summed E-state index contributed by atoms with van der Waals surface area (Å²) in [6.45, 7) is -0.232. The Morgan fingerprint density at radius 3 is 2.61 bits per heavy atom. The van der Waals surface area contributed by atoms with E-state index in [1.807, 2.05) is 0 Å². The number of ether oxygens (including phenoxy) is 2. The number of amides is 1. The van der Waals surface area contributed by atoms with Crippen LogP contribution in [0.15, 0.2) is 18.2 Å². The van der Waals surface area contributed by atoms with E-state index in [-0.39, 0.29) is 12.5 Å². The van der Waals surface area contributed by atoms with Crippen LogP contribution >= 0.6 is 34.5 Å². The summed E-state index contributed by atoms with van der Waals surface area (Å²) in [6.07, 6.45) is 6.17. The molecule has 0 saturated heterocycles. The molecule has 28 heavy (non-hydrogen) atoms. The standard InChI is InChI=1S/C20H21Cl2NO4S/c1-26-20(25)18-13-6-4-2-3-5-7-16(13)28-19(18)23-17(24)11-27-15-9-8-12(21)10-14(15)22/h8-10H,2-7,11H2,1H3,(H,23,24). The molecule has 2 aromatic rings. The molecule has 0 fully saturated rings. The van der Waals surface area contributed by atoms with E-state index in [0.717, 1.165) is 42.5 Å². The van der Waals surface area contributed by atoms with Crippen molar-refractivity contribution < 1.29 is 19.1 Å². The lowest BCUT2D eigenvalue weighted by Gasteiger charge is -2.11. The van der Waals surface area contributed by atoms with Gasteiger partial charge in [0.25, 0.3) is 5.91 Å². The van der Waals surface area contributed by atoms with Crippen LogP contribution in [0.5, 0.6) is 5.75 Å². The van der Waals surface area contributed by atoms with Gasteiger partial charge < -0.3 is 14.8 Å². The molecule has 8 heteroatoms. The van der Waals surface area contributed by atoms with Crippen molar-refractivity contribution in [2.75, 3.05) is 19.0 Å². The number of carbonyl (C=O) groups is 2. The van der Waals surface area contributed by atoms with Crippen LogP contribution < -0.4 is 10.1 Å². The lowest BCUT2D eigenvalue weighted by molar-refractivity contribution is -0.118. The van der Waals surface area contributed by atoms with Gasteiger partial charge in [0.05, 0.1) is 17.7 Å². The Morgan fingerprint density at radius 1 is 1.14 bits per heavy atom. The van der Waals surface area contributed by atoms with Gasteiger partial charge in [0, 0.05) is 9.90 Å². The average molecular weight is 442 g/mol. The van der Waals surface area contributed by atoms with E-state index in [0.29, 0.717) is 26.4 Å². The molecule has 0 aliphatic heterocycles. The Balaban J connectivity index is 1.75. The van der Waals surface area contributed by atoms with Gasteiger partial charge in [-0.1, -0.05) is 36.0 Å². The third-order valence-corrected chi connectivity index (χ3v) is 6.30. The van der Waals surface area contributed by atoms with Gasteiger partial charge in [-0.05, 0) is 49.4 Å². The van der Waals surface area contributed by atoms with Crippen molar-refractivity contribution in [2.45, 2.75) is 38.5 Å². The summed E-state index contributed by atoms with van der Waals surface area (Å²) in [7, 11) is 1.35. The van der Waals surface area contributed by atoms with Crippen LogP contribution in [0.25, 0.3) is 0 Å². The molecule has 1 heterocycles. The summed E-state index contributed by atoms with van der Waals surface area (Å²) in [5.41, 5.74) is 1.48. The van der Waals surface area contributed by atoms with Gasteiger partial charge in [-0.2, -0.15) is 0 Å². The Kier molecular flexibility index (Phi) is 7.21. The van der Waals surface area contributed by atoms with Crippen LogP contribution in [0.4, 0.5) is 5.00 Å². The van der Waals surface area contributed by atoms with Gasteiger partial charge in [0.1, 0.15) is 10.8 Å². The molecule has 5 nitrogen and oxygen atoms in total. The number of anilines is 1. The molecule has 3 rings (SSSR count). The number of methoxy groups -OCH3 is 1. The number of carbonyl (C=O) groups excluding carboxylic acids is 2. The van der Waals surface area contributed by atoms with Crippen molar-refractivity contribution in [3.05, 3.63) is 44.2 Å². The molecule has 1 amide bonds. The van der Waals surface area contributed by atoms with Gasteiger partial charge in [0.2, 0.25) is 0 Å². The van der Waals surface area contributed by atoms with E-state index < -0.39 is 5.97 Å². The lowest BCUT2D eigenvalue weighted by atomic mass is 9.96. The molecule has 1 aromatic carbocycles. The number of benzene rings is 1. The second-order valence-corrected chi connectivity index (χ2v) is 8.47. The Bertz CT molecular complexity index is 881. The normalized spacial score (nSPS) is 13.8. The zero-order valence-electron chi connectivity index (χ0n) is 15.5. The zero-order chi connectivity index (χ0) is 20.1. The number of aryl methyl sites for hydroxylation is 1. The molecule has 0 spiro atoms. The van der Waals surface area contributed by atoms with Crippen LogP contribution in [0.3, 0.4) is 0 Å². The van der Waals surface area contributed by atoms with Gasteiger partial charge in [0.15, 0.2) is 6.61 Å². The molecule has 1 aromatic heterocycles. The molecule has 0 radical (unpaired) electrons. The monoisotopic (exact) mass is 441 g/mol. The predicted octanol–water partition coefficient (Wildman–Crippen LogP) is 5.52. The molecule has 0 saturated carbocycles. The van der Waals surface area contributed by atoms with Crippen molar-refractivity contribution in [2.24, 2.45) is 0 Å². The van der Waals surface area contributed by atoms with Crippen molar-refractivity contribution in [3.8, 4) is 5.75 Å². The van der Waals surface area contributed by atoms with Crippen LogP contribution in [0.1, 0.15) is 46.5 Å². The maximum atomic E-state index is 12.4. The lowest BCUT2D eigenvalue weighted by Crippen LogP contribution is -2.21. The number of esters is 1. The minimum Gasteiger partial charge on any atom is -0.482 e. The fourth-order valence-corrected chi connectivity index (χ4v) is 4.98. The Labute approximate surface area is 177 Å². The molecule has 0 atom stereocenters. The minimum absolute atomic E-state index is 0.232. The second-order valence-electron chi connectivity index (χ2n) is 6.53. The van der Waals surface area contributed by atoms with E-state index >= 15 is 0 Å². The number of hydrogen-bond acceptors (Lipinski definition) is 5. The summed E-state index contributed by atoms with van der Waals surface area (Å²) in [6, 6.07) is 4.79. The predicted molar refractivity (Wildman–Crippen MR) is 112 cm³/mol. The second kappa shape index (κ2) is 9.63. The van der Waals surface area contributed by atoms with Crippen LogP contribution in [0, 0.1) is 0 Å². The van der Waals surface area contributed by atoms with E-state index in [1.54, 1.807) is 18.2 Å². The van der Waals surface area contributed by atoms with Gasteiger partial charge >= 0.3 is 5.97 Å². The highest BCUT2D eigenvalue weighted by Crippen LogP contribution is 2.37. The molecule has 1 N–H and O–H groups in total. The maximum Gasteiger partial charge on any atom is 0.341 e. The van der Waals surface area contributed by atoms with Crippen molar-refractivity contribution in [1.29, 1.82) is 0 Å². The van der Waals surface area contributed by atoms with Crippen LogP contribution in [0.2, 0.25) is 10.0 Å². The first-order valence-electron chi connectivity index (χ1n) is 9.10. The number of rotatable bonds is 5. The smallest absolute Gasteiger partial charge is 0.341 e. The summed E-state index contributed by atoms with van der Waals surface area (Å²) < 4.78 is 10.4. The molecular weight excluding hydrogens is 421 g/mol. The molecule has 0 bridgehead atoms.